The molecule has 0 saturated carbocycles. The van der Waals surface area contributed by atoms with E-state index in [1.807, 2.05) is 0 Å². The van der Waals surface area contributed by atoms with E-state index in [0.29, 0.717) is 5.56 Å². The van der Waals surface area contributed by atoms with E-state index in [9.17, 15) is 151 Å². The Morgan fingerprint density at radius 1 is 0.338 bits per heavy atom. The van der Waals surface area contributed by atoms with Gasteiger partial charge in [0.05, 0.1) is 61.6 Å². The summed E-state index contributed by atoms with van der Waals surface area (Å²) in [5, 5.41) is 118. The van der Waals surface area contributed by atoms with Crippen LogP contribution in [0.5, 0.6) is 0 Å². The number of nitrogens with two attached hydrogens (primary N) is 5. The molecule has 0 aliphatic heterocycles. The van der Waals surface area contributed by atoms with E-state index >= 15 is 0 Å². The second-order valence-electron chi connectivity index (χ2n) is 34.4. The van der Waals surface area contributed by atoms with E-state index in [4.69, 9.17) is 33.8 Å². The van der Waals surface area contributed by atoms with Gasteiger partial charge in [0.15, 0.2) is 0 Å². The molecule has 145 heavy (non-hydrogen) atoms. The van der Waals surface area contributed by atoms with Crippen molar-refractivity contribution >= 4 is 155 Å². The first-order valence-corrected chi connectivity index (χ1v) is 46.7. The van der Waals surface area contributed by atoms with Crippen molar-refractivity contribution in [2.45, 2.75) is 291 Å². The highest BCUT2D eigenvalue weighted by molar-refractivity contribution is 7.80. The molecule has 18 amide bonds. The van der Waals surface area contributed by atoms with E-state index in [1.165, 1.54) is 70.1 Å². The minimum Gasteiger partial charge on any atom is -0.481 e. The van der Waals surface area contributed by atoms with Crippen molar-refractivity contribution in [2.24, 2.45) is 40.5 Å². The van der Waals surface area contributed by atoms with Gasteiger partial charge in [-0.1, -0.05) is 64.4 Å². The molecule has 0 aliphatic rings. The Labute approximate surface area is 835 Å². The number of aromatic nitrogens is 4. The summed E-state index contributed by atoms with van der Waals surface area (Å²) in [5.74, 6) is -33.8. The molecule has 0 aliphatic carbocycles. The number of aromatic amines is 2. The number of rotatable bonds is 71. The molecule has 0 fully saturated rings. The Morgan fingerprint density at radius 3 is 0.952 bits per heavy atom. The highest BCUT2D eigenvalue weighted by Gasteiger charge is 2.43. The fourth-order valence-electron chi connectivity index (χ4n) is 14.0. The molecule has 0 bridgehead atoms. The van der Waals surface area contributed by atoms with Gasteiger partial charge >= 0.3 is 35.8 Å². The Bertz CT molecular complexity index is 4920. The van der Waals surface area contributed by atoms with Crippen LogP contribution in [-0.2, 0) is 134 Å². The van der Waals surface area contributed by atoms with Gasteiger partial charge in [-0.05, 0) is 109 Å². The summed E-state index contributed by atoms with van der Waals surface area (Å²) < 4.78 is 0. The molecule has 804 valence electrons. The summed E-state index contributed by atoms with van der Waals surface area (Å²) in [7, 11) is 0. The van der Waals surface area contributed by atoms with Crippen LogP contribution in [-0.4, -0.2) is 337 Å². The summed E-state index contributed by atoms with van der Waals surface area (Å²) in [6, 6.07) is -23.8. The maximum atomic E-state index is 15.0. The summed E-state index contributed by atoms with van der Waals surface area (Å²) in [6.07, 6.45) is -9.65. The molecule has 58 heteroatoms. The van der Waals surface area contributed by atoms with Crippen LogP contribution in [0.1, 0.15) is 174 Å². The van der Waals surface area contributed by atoms with E-state index in [0.717, 1.165) is 13.8 Å². The Balaban J connectivity index is 2.05. The molecule has 36 N–H and O–H groups in total. The third-order valence-corrected chi connectivity index (χ3v) is 22.5. The highest BCUT2D eigenvalue weighted by Crippen LogP contribution is 2.18. The van der Waals surface area contributed by atoms with Crippen molar-refractivity contribution < 1.29 is 156 Å². The van der Waals surface area contributed by atoms with Crippen LogP contribution in [0.4, 0.5) is 0 Å². The number of amides is 18. The second kappa shape index (κ2) is 63.9. The van der Waals surface area contributed by atoms with Gasteiger partial charge in [0.25, 0.3) is 0 Å². The third kappa shape index (κ3) is 45.9. The lowest BCUT2D eigenvalue weighted by molar-refractivity contribution is -0.142. The number of nitrogens with one attached hydrogen (secondary N) is 18. The molecule has 3 aromatic rings. The van der Waals surface area contributed by atoms with Crippen molar-refractivity contribution in [3.05, 3.63) is 72.3 Å². The maximum Gasteiger partial charge on any atom is 0.327 e. The van der Waals surface area contributed by atoms with Crippen LogP contribution < -0.4 is 114 Å². The molecule has 2 heterocycles. The molecule has 20 atom stereocenters. The molecule has 0 spiro atoms. The van der Waals surface area contributed by atoms with Gasteiger partial charge in [0.1, 0.15) is 96.7 Å². The molecular weight excluding hydrogens is 1940 g/mol. The summed E-state index contributed by atoms with van der Waals surface area (Å²) in [5.41, 5.74) is 28.2. The highest BCUT2D eigenvalue weighted by atomic mass is 32.1. The summed E-state index contributed by atoms with van der Waals surface area (Å²) in [6.45, 7) is 8.06. The van der Waals surface area contributed by atoms with Gasteiger partial charge in [0.2, 0.25) is 106 Å². The lowest BCUT2D eigenvalue weighted by Gasteiger charge is -2.30. The molecule has 1 aromatic carbocycles. The van der Waals surface area contributed by atoms with Crippen LogP contribution in [0.15, 0.2) is 55.4 Å². The number of nitrogens with zero attached hydrogens (tertiary/aromatic N) is 2. The number of primary amides is 2. The number of hydrogen-bond donors (Lipinski definition) is 32. The smallest absolute Gasteiger partial charge is 0.327 e. The van der Waals surface area contributed by atoms with E-state index in [2.05, 4.69) is 118 Å². The van der Waals surface area contributed by atoms with E-state index in [1.54, 1.807) is 13.0 Å². The fourth-order valence-corrected chi connectivity index (χ4v) is 14.2. The SMILES string of the molecule is CC[C@H](C)[C@H](NC(=O)[C@H](Cc1c[nH]cn1)NC(=O)[C@H](CCC(=O)O)NC(=O)[C@H](CCC(=O)O)NC(=O)[C@H](Cc1ccccc1)NC(=O)[C@@H](NC(=O)[C@@H](NC(=O)[C@@H](NC(=O)[C@H](CCCCN)NC(=O)[C@H](CC(N)=O)NC(=O)[C@@H](N)CC(=O)O)[C@@H](C)O)C(C)C)[C@@H](C)O)C(=O)N[C@@H](CCCCN)C(=O)N[C@@H](CCC(=O)O)C(=O)N[C@@H](CCC(=O)O)C(=O)N[C@@H](Cc1c[nH]cn1)C(=O)N[C@@H](CC(N)=O)C(=O)N[C@@H](CS)C(=O)O. The number of imidazole rings is 2. The Kier molecular flexibility index (Phi) is 54.7. The van der Waals surface area contributed by atoms with Gasteiger partial charge in [-0.3, -0.25) is 110 Å². The molecule has 0 saturated heterocycles. The molecule has 0 radical (unpaired) electrons. The zero-order chi connectivity index (χ0) is 109. The Morgan fingerprint density at radius 2 is 0.621 bits per heavy atom. The number of benzene rings is 1. The fraction of sp³-hybridized carbons (Fsp3) is 0.586. The summed E-state index contributed by atoms with van der Waals surface area (Å²) in [4.78, 5) is 339. The van der Waals surface area contributed by atoms with Gasteiger partial charge in [-0.15, -0.1) is 0 Å². The zero-order valence-corrected chi connectivity index (χ0v) is 81.3. The molecule has 57 nitrogen and oxygen atoms in total. The predicted molar refractivity (Wildman–Crippen MR) is 506 cm³/mol. The number of aliphatic carboxylic acids is 6. The summed E-state index contributed by atoms with van der Waals surface area (Å²) >= 11 is 3.89. The number of carbonyl (C=O) groups is 24. The van der Waals surface area contributed by atoms with Crippen molar-refractivity contribution in [1.82, 2.24) is 105 Å². The lowest BCUT2D eigenvalue weighted by atomic mass is 9.96. The molecule has 3 rings (SSSR count). The van der Waals surface area contributed by atoms with Gasteiger partial charge in [0, 0.05) is 63.1 Å². The topological polar surface area (TPSA) is 951 Å². The Hall–Kier alpha value is -14.9. The number of aliphatic hydroxyl groups excluding tert-OH is 2. The average molecular weight is 2070 g/mol. The van der Waals surface area contributed by atoms with Crippen molar-refractivity contribution in [2.75, 3.05) is 18.8 Å². The zero-order valence-electron chi connectivity index (χ0n) is 80.4. The van der Waals surface area contributed by atoms with Gasteiger partial charge in [-0.25, -0.2) is 14.8 Å². The number of carbonyl (C=O) groups excluding carboxylic acids is 18. The number of carboxylic acid groups (broad SMARTS) is 6. The van der Waals surface area contributed by atoms with Crippen LogP contribution in [0.25, 0.3) is 0 Å². The second-order valence-corrected chi connectivity index (χ2v) is 34.7. The minimum absolute atomic E-state index is 0.0171. The normalized spacial score (nSPS) is 15.3. The van der Waals surface area contributed by atoms with Crippen LogP contribution in [0.2, 0.25) is 0 Å². The van der Waals surface area contributed by atoms with Crippen molar-refractivity contribution in [3.8, 4) is 0 Å². The standard InChI is InChI=1S/C87H133N25O32S/c1-7-41(4)68(84(140)102-48(17-11-13-27-88)72(128)98-50(19-23-62(117)118)73(129)99-52(21-25-64(121)122)75(131)104-55(30-45-35-93-38-95-45)79(135)106-58(34-61(92)116)81(137)108-59(37-145)87(143)144)110-82(138)56(31-46-36-94-39-96-46)105-76(132)53(22-26-65(123)124)100-74(130)51(20-24-63(119)120)101-78(134)54(29-44-15-9-8-10-16-44)107-85(141)69(42(5)113)112-83(139)67(40(2)3)109-86(142)70(43(6)114)111-77(133)49(18-12-14-28-89)97-80(136)57(33-60(91)115)103-71(127)47(90)32-66(125)126/h8-10,15-16,35-36,38-43,47-59,67-70,113-114,145H,7,11-14,17-34,37,88-90H2,1-6H3,(H2,91,115)(H2,92,116)(H,93,95)(H,94,96)(H,97,136)(H,98,128)(H,99,129)(H,100,130)(H,101,134)(H,102,140)(H,103,127)(H,104,131)(H,105,132)(H,106,135)(H,107,141)(H,108,137)(H,109,142)(H,110,138)(H,111,133)(H,112,139)(H,117,118)(H,119,120)(H,121,122)(H,123,124)(H,125,126)(H,143,144)/t41-,42+,43+,47-,48-,49-,50-,51-,52-,53-,54-,55-,56-,57-,58-,59-,67-,68-,69-,70-/m0/s1. The van der Waals surface area contributed by atoms with Crippen molar-refractivity contribution in [1.29, 1.82) is 0 Å². The lowest BCUT2D eigenvalue weighted by Crippen LogP contribution is -2.64. The van der Waals surface area contributed by atoms with Gasteiger partial charge in [-0.2, -0.15) is 12.6 Å². The van der Waals surface area contributed by atoms with E-state index in [-0.39, 0.29) is 69.4 Å². The third-order valence-electron chi connectivity index (χ3n) is 22.2. The largest absolute Gasteiger partial charge is 0.481 e. The predicted octanol–water partition coefficient (Wildman–Crippen LogP) is -10.3. The first-order valence-electron chi connectivity index (χ1n) is 46.1. The van der Waals surface area contributed by atoms with Crippen LogP contribution >= 0.6 is 12.6 Å². The molecule has 0 unspecified atom stereocenters. The quantitative estimate of drug-likeness (QED) is 0.0184. The van der Waals surface area contributed by atoms with Crippen LogP contribution in [0, 0.1) is 11.8 Å². The minimum atomic E-state index is -2.06. The number of thiol groups is 1. The monoisotopic (exact) mass is 2070 g/mol. The average Bonchev–Trinajstić information content (AvgIpc) is 1.75. The maximum absolute atomic E-state index is 15.0. The molecular formula is C87H133N25O32S. The number of unbranched alkanes of at least 4 members (excludes halogenated alkanes) is 2. The van der Waals surface area contributed by atoms with Crippen molar-refractivity contribution in [3.63, 3.8) is 0 Å². The molecule has 2 aromatic heterocycles. The first kappa shape index (κ1) is 124. The number of carboxylic acids is 6. The van der Waals surface area contributed by atoms with Crippen LogP contribution in [0.3, 0.4) is 0 Å². The van der Waals surface area contributed by atoms with Gasteiger partial charge < -0.3 is 165 Å². The number of aliphatic hydroxyl groups is 2. The number of hydrogen-bond acceptors (Lipinski definition) is 32. The van der Waals surface area contributed by atoms with E-state index < -0.39 is 365 Å². The number of H-pyrrole nitrogens is 2. The first-order chi connectivity index (χ1) is 68.2.